The van der Waals surface area contributed by atoms with Gasteiger partial charge in [-0.3, -0.25) is 4.98 Å². The van der Waals surface area contributed by atoms with Crippen LogP contribution in [-0.2, 0) is 6.42 Å². The number of rotatable bonds is 4. The van der Waals surface area contributed by atoms with Crippen LogP contribution >= 0.6 is 0 Å². The SMILES string of the molecule is Nc1nnc(-c2ccc3c(c2)C(c2cncc(NC4CCCC4)n2)=CC3)o1. The Morgan fingerprint density at radius 3 is 2.81 bits per heavy atom. The van der Waals surface area contributed by atoms with E-state index in [1.165, 1.54) is 31.2 Å². The molecule has 2 aliphatic carbocycles. The van der Waals surface area contributed by atoms with E-state index in [9.17, 15) is 0 Å². The lowest BCUT2D eigenvalue weighted by Gasteiger charge is -2.13. The molecular formula is C20H20N6O. The second-order valence-corrected chi connectivity index (χ2v) is 7.05. The van der Waals surface area contributed by atoms with Crippen molar-refractivity contribution in [2.45, 2.75) is 38.1 Å². The van der Waals surface area contributed by atoms with Crippen LogP contribution in [0.25, 0.3) is 17.0 Å². The second-order valence-electron chi connectivity index (χ2n) is 7.05. The van der Waals surface area contributed by atoms with Crippen LogP contribution in [0.15, 0.2) is 41.1 Å². The standard InChI is InChI=1S/C20H20N6O/c21-20-26-25-19(27-20)13-6-5-12-7-8-15(16(12)9-13)17-10-22-11-18(24-17)23-14-3-1-2-4-14/h5-6,8-11,14H,1-4,7H2,(H2,21,26)(H,23,24). The minimum Gasteiger partial charge on any atom is -0.404 e. The highest BCUT2D eigenvalue weighted by atomic mass is 16.4. The lowest BCUT2D eigenvalue weighted by molar-refractivity contribution is 0.590. The summed E-state index contributed by atoms with van der Waals surface area (Å²) in [4.78, 5) is 9.22. The van der Waals surface area contributed by atoms with Gasteiger partial charge >= 0.3 is 6.01 Å². The van der Waals surface area contributed by atoms with Crippen molar-refractivity contribution in [2.75, 3.05) is 11.1 Å². The number of nitrogen functional groups attached to an aromatic ring is 1. The average Bonchev–Trinajstić information content (AvgIpc) is 3.42. The molecule has 3 N–H and O–H groups in total. The van der Waals surface area contributed by atoms with Crippen LogP contribution in [0.1, 0.15) is 42.5 Å². The van der Waals surface area contributed by atoms with Gasteiger partial charge in [-0.25, -0.2) is 4.98 Å². The van der Waals surface area contributed by atoms with E-state index >= 15 is 0 Å². The molecule has 3 aromatic rings. The molecule has 1 aromatic carbocycles. The molecule has 0 radical (unpaired) electrons. The van der Waals surface area contributed by atoms with Gasteiger partial charge in [0.1, 0.15) is 5.82 Å². The van der Waals surface area contributed by atoms with Gasteiger partial charge in [0, 0.05) is 17.2 Å². The lowest BCUT2D eigenvalue weighted by atomic mass is 10.0. The normalized spacial score (nSPS) is 16.4. The van der Waals surface area contributed by atoms with Crippen molar-refractivity contribution in [3.8, 4) is 11.5 Å². The molecule has 0 spiro atoms. The Bertz CT molecular complexity index is 1020. The largest absolute Gasteiger partial charge is 0.404 e. The molecule has 27 heavy (non-hydrogen) atoms. The molecule has 0 aliphatic heterocycles. The second kappa shape index (κ2) is 6.50. The summed E-state index contributed by atoms with van der Waals surface area (Å²) >= 11 is 0. The Kier molecular flexibility index (Phi) is 3.85. The number of benzene rings is 1. The quantitative estimate of drug-likeness (QED) is 0.734. The first-order chi connectivity index (χ1) is 13.3. The predicted octanol–water partition coefficient (Wildman–Crippen LogP) is 3.45. The lowest BCUT2D eigenvalue weighted by Crippen LogP contribution is -2.16. The van der Waals surface area contributed by atoms with Gasteiger partial charge in [-0.05, 0) is 42.5 Å². The van der Waals surface area contributed by atoms with E-state index in [2.05, 4.69) is 38.7 Å². The van der Waals surface area contributed by atoms with Crippen LogP contribution in [0.2, 0.25) is 0 Å². The summed E-state index contributed by atoms with van der Waals surface area (Å²) in [5.74, 6) is 1.26. The summed E-state index contributed by atoms with van der Waals surface area (Å²) in [6, 6.07) is 6.70. The molecule has 1 saturated carbocycles. The van der Waals surface area contributed by atoms with Gasteiger partial charge < -0.3 is 15.5 Å². The van der Waals surface area contributed by atoms with Crippen LogP contribution in [-0.4, -0.2) is 26.2 Å². The van der Waals surface area contributed by atoms with Crippen molar-refractivity contribution in [1.82, 2.24) is 20.2 Å². The first-order valence-electron chi connectivity index (χ1n) is 9.28. The average molecular weight is 360 g/mol. The molecule has 2 aromatic heterocycles. The van der Waals surface area contributed by atoms with E-state index in [4.69, 9.17) is 15.1 Å². The third-order valence-electron chi connectivity index (χ3n) is 5.23. The van der Waals surface area contributed by atoms with Crippen LogP contribution in [0.3, 0.4) is 0 Å². The zero-order chi connectivity index (χ0) is 18.2. The summed E-state index contributed by atoms with van der Waals surface area (Å²) in [7, 11) is 0. The van der Waals surface area contributed by atoms with E-state index in [0.717, 1.165) is 34.6 Å². The number of nitrogens with zero attached hydrogens (tertiary/aromatic N) is 4. The van der Waals surface area contributed by atoms with Crippen molar-refractivity contribution in [3.05, 3.63) is 53.5 Å². The van der Waals surface area contributed by atoms with Gasteiger partial charge in [-0.15, -0.1) is 5.10 Å². The smallest absolute Gasteiger partial charge is 0.313 e. The van der Waals surface area contributed by atoms with Gasteiger partial charge in [0.15, 0.2) is 0 Å². The first-order valence-corrected chi connectivity index (χ1v) is 9.28. The fourth-order valence-corrected chi connectivity index (χ4v) is 3.90. The maximum atomic E-state index is 5.55. The van der Waals surface area contributed by atoms with E-state index < -0.39 is 0 Å². The molecule has 5 rings (SSSR count). The van der Waals surface area contributed by atoms with E-state index in [-0.39, 0.29) is 6.01 Å². The van der Waals surface area contributed by atoms with Crippen LogP contribution in [0.5, 0.6) is 0 Å². The highest BCUT2D eigenvalue weighted by Crippen LogP contribution is 2.35. The summed E-state index contributed by atoms with van der Waals surface area (Å²) in [6.07, 6.45) is 11.7. The number of hydrogen-bond donors (Lipinski definition) is 2. The summed E-state index contributed by atoms with van der Waals surface area (Å²) in [6.45, 7) is 0. The molecule has 0 unspecified atom stereocenters. The monoisotopic (exact) mass is 360 g/mol. The van der Waals surface area contributed by atoms with Gasteiger partial charge in [-0.2, -0.15) is 0 Å². The fraction of sp³-hybridized carbons (Fsp3) is 0.300. The number of nitrogens with two attached hydrogens (primary N) is 1. The van der Waals surface area contributed by atoms with Gasteiger partial charge in [-0.1, -0.05) is 30.1 Å². The third kappa shape index (κ3) is 3.05. The Hall–Kier alpha value is -3.22. The minimum absolute atomic E-state index is 0.0674. The van der Waals surface area contributed by atoms with Crippen molar-refractivity contribution in [1.29, 1.82) is 0 Å². The maximum absolute atomic E-state index is 5.55. The summed E-state index contributed by atoms with van der Waals surface area (Å²) < 4.78 is 5.36. The highest BCUT2D eigenvalue weighted by Gasteiger charge is 2.20. The molecule has 0 bridgehead atoms. The predicted molar refractivity (Wildman–Crippen MR) is 103 cm³/mol. The number of allylic oxidation sites excluding steroid dienone is 1. The molecular weight excluding hydrogens is 340 g/mol. The van der Waals surface area contributed by atoms with E-state index in [0.29, 0.717) is 11.9 Å². The van der Waals surface area contributed by atoms with Gasteiger partial charge in [0.25, 0.3) is 0 Å². The maximum Gasteiger partial charge on any atom is 0.313 e. The van der Waals surface area contributed by atoms with Gasteiger partial charge in [0.2, 0.25) is 5.89 Å². The Morgan fingerprint density at radius 2 is 2.00 bits per heavy atom. The van der Waals surface area contributed by atoms with Crippen molar-refractivity contribution < 1.29 is 4.42 Å². The molecule has 0 amide bonds. The zero-order valence-electron chi connectivity index (χ0n) is 14.9. The Labute approximate surface area is 156 Å². The third-order valence-corrected chi connectivity index (χ3v) is 5.23. The molecule has 7 heteroatoms. The molecule has 0 atom stereocenters. The molecule has 0 saturated heterocycles. The highest BCUT2D eigenvalue weighted by molar-refractivity contribution is 5.85. The van der Waals surface area contributed by atoms with Crippen molar-refractivity contribution >= 4 is 17.4 Å². The van der Waals surface area contributed by atoms with E-state index in [1.54, 1.807) is 6.20 Å². The number of fused-ring (bicyclic) bond motifs is 1. The molecule has 2 aliphatic rings. The van der Waals surface area contributed by atoms with Gasteiger partial charge in [0.05, 0.1) is 18.1 Å². The van der Waals surface area contributed by atoms with E-state index in [1.807, 2.05) is 12.3 Å². The number of anilines is 2. The van der Waals surface area contributed by atoms with Crippen LogP contribution in [0.4, 0.5) is 11.8 Å². The summed E-state index contributed by atoms with van der Waals surface area (Å²) in [5.41, 5.74) is 10.7. The minimum atomic E-state index is 0.0674. The number of nitrogens with one attached hydrogen (secondary N) is 1. The molecule has 7 nitrogen and oxygen atoms in total. The molecule has 2 heterocycles. The number of aromatic nitrogens is 4. The zero-order valence-corrected chi connectivity index (χ0v) is 14.9. The van der Waals surface area contributed by atoms with Crippen molar-refractivity contribution in [3.63, 3.8) is 0 Å². The Balaban J connectivity index is 1.46. The fourth-order valence-electron chi connectivity index (χ4n) is 3.90. The van der Waals surface area contributed by atoms with Crippen LogP contribution < -0.4 is 11.1 Å². The van der Waals surface area contributed by atoms with Crippen LogP contribution in [0, 0.1) is 0 Å². The van der Waals surface area contributed by atoms with Crippen molar-refractivity contribution in [2.24, 2.45) is 0 Å². The topological polar surface area (TPSA) is 103 Å². The Morgan fingerprint density at radius 1 is 1.11 bits per heavy atom. The number of hydrogen-bond acceptors (Lipinski definition) is 7. The summed E-state index contributed by atoms with van der Waals surface area (Å²) in [5, 5.41) is 11.2. The molecule has 1 fully saturated rings. The first kappa shape index (κ1) is 16.0. The molecule has 136 valence electrons.